The monoisotopic (exact) mass is 347 g/mol. The average Bonchev–Trinajstić information content (AvgIpc) is 2.50. The molecule has 0 spiro atoms. The molecular weight excluding hydrogens is 334 g/mol. The number of halogens is 1. The van der Waals surface area contributed by atoms with Crippen molar-refractivity contribution in [3.05, 3.63) is 41.1 Å². The lowest BCUT2D eigenvalue weighted by Crippen LogP contribution is -2.46. The van der Waals surface area contributed by atoms with Crippen LogP contribution in [0.5, 0.6) is 0 Å². The second-order valence-corrected chi connectivity index (χ2v) is 5.55. The zero-order valence-corrected chi connectivity index (χ0v) is 12.8. The van der Waals surface area contributed by atoms with Crippen molar-refractivity contribution in [2.75, 3.05) is 23.3 Å². The molecule has 2 N–H and O–H groups in total. The molecule has 2 amide bonds. The van der Waals surface area contributed by atoms with Gasteiger partial charge < -0.3 is 10.6 Å². The maximum atomic E-state index is 11.9. The van der Waals surface area contributed by atoms with Crippen LogP contribution in [0.2, 0.25) is 0 Å². The first-order valence-corrected chi connectivity index (χ1v) is 7.42. The quantitative estimate of drug-likeness (QED) is 0.895. The van der Waals surface area contributed by atoms with Crippen molar-refractivity contribution in [3.63, 3.8) is 0 Å². The van der Waals surface area contributed by atoms with Gasteiger partial charge >= 0.3 is 6.03 Å². The Kier molecular flexibility index (Phi) is 4.01. The van der Waals surface area contributed by atoms with E-state index in [4.69, 9.17) is 0 Å². The Morgan fingerprint density at radius 2 is 2.10 bits per heavy atom. The van der Waals surface area contributed by atoms with Gasteiger partial charge in [0.15, 0.2) is 0 Å². The van der Waals surface area contributed by atoms with Gasteiger partial charge in [-0.15, -0.1) is 0 Å². The minimum Gasteiger partial charge on any atom is -0.338 e. The molecule has 6 nitrogen and oxygen atoms in total. The Balaban J connectivity index is 1.79. The largest absolute Gasteiger partial charge is 0.338 e. The maximum absolute atomic E-state index is 11.9. The summed E-state index contributed by atoms with van der Waals surface area (Å²) in [4.78, 5) is 21.9. The Labute approximate surface area is 130 Å². The van der Waals surface area contributed by atoms with E-state index < -0.39 is 0 Å². The molecule has 0 radical (unpaired) electrons. The van der Waals surface area contributed by atoms with Gasteiger partial charge in [0.1, 0.15) is 0 Å². The van der Waals surface area contributed by atoms with Gasteiger partial charge in [-0.05, 0) is 40.5 Å². The highest BCUT2D eigenvalue weighted by molar-refractivity contribution is 9.10. The number of amides is 2. The molecule has 108 valence electrons. The molecule has 1 aromatic carbocycles. The summed E-state index contributed by atoms with van der Waals surface area (Å²) < 4.78 is 0.826. The lowest BCUT2D eigenvalue weighted by atomic mass is 10.2. The fourth-order valence-corrected chi connectivity index (χ4v) is 2.34. The van der Waals surface area contributed by atoms with E-state index in [1.54, 1.807) is 17.3 Å². The third-order valence-electron chi connectivity index (χ3n) is 3.11. The molecule has 3 rings (SSSR count). The molecule has 7 heteroatoms. The Hall–Kier alpha value is -2.15. The Bertz CT molecular complexity index is 646. The van der Waals surface area contributed by atoms with E-state index in [-0.39, 0.29) is 6.03 Å². The molecule has 21 heavy (non-hydrogen) atoms. The first kappa shape index (κ1) is 13.8. The van der Waals surface area contributed by atoms with Crippen molar-refractivity contribution in [1.29, 1.82) is 0 Å². The van der Waals surface area contributed by atoms with Crippen LogP contribution in [-0.2, 0) is 0 Å². The van der Waals surface area contributed by atoms with Gasteiger partial charge in [-0.3, -0.25) is 4.90 Å². The van der Waals surface area contributed by atoms with Crippen molar-refractivity contribution >= 4 is 39.3 Å². The van der Waals surface area contributed by atoms with E-state index >= 15 is 0 Å². The number of aromatic nitrogens is 2. The van der Waals surface area contributed by atoms with Crippen LogP contribution in [0.1, 0.15) is 6.42 Å². The van der Waals surface area contributed by atoms with Gasteiger partial charge in [0, 0.05) is 36.9 Å². The highest BCUT2D eigenvalue weighted by Gasteiger charge is 2.19. The van der Waals surface area contributed by atoms with Crippen LogP contribution in [-0.4, -0.2) is 29.1 Å². The number of carbonyl (C=O) groups excluding carboxylic acids is 1. The normalized spacial score (nSPS) is 14.7. The lowest BCUT2D eigenvalue weighted by Gasteiger charge is -2.27. The van der Waals surface area contributed by atoms with E-state index in [2.05, 4.69) is 36.5 Å². The van der Waals surface area contributed by atoms with Crippen LogP contribution >= 0.6 is 15.9 Å². The molecule has 1 fully saturated rings. The standard InChI is InChI=1S/C14H14BrN5O/c15-10-8-17-13(18-9-10)19-11-3-1-4-12(7-11)20-6-2-5-16-14(20)21/h1,3-4,7-9H,2,5-6H2,(H,16,21)(H,17,18,19). The summed E-state index contributed by atoms with van der Waals surface area (Å²) in [6.45, 7) is 1.46. The maximum Gasteiger partial charge on any atom is 0.321 e. The second kappa shape index (κ2) is 6.09. The summed E-state index contributed by atoms with van der Waals surface area (Å²) in [7, 11) is 0. The zero-order valence-electron chi connectivity index (χ0n) is 11.2. The predicted octanol–water partition coefficient (Wildman–Crippen LogP) is 2.90. The van der Waals surface area contributed by atoms with Crippen LogP contribution in [0.4, 0.5) is 22.1 Å². The molecule has 1 aliphatic heterocycles. The fraction of sp³-hybridized carbons (Fsp3) is 0.214. The van der Waals surface area contributed by atoms with Crippen LogP contribution in [0, 0.1) is 0 Å². The third-order valence-corrected chi connectivity index (χ3v) is 3.52. The smallest absolute Gasteiger partial charge is 0.321 e. The van der Waals surface area contributed by atoms with E-state index in [0.29, 0.717) is 5.95 Å². The number of hydrogen-bond acceptors (Lipinski definition) is 4. The van der Waals surface area contributed by atoms with Gasteiger partial charge in [0.25, 0.3) is 0 Å². The van der Waals surface area contributed by atoms with Crippen LogP contribution in [0.15, 0.2) is 41.1 Å². The van der Waals surface area contributed by atoms with Crippen molar-refractivity contribution in [2.24, 2.45) is 0 Å². The fourth-order valence-electron chi connectivity index (χ4n) is 2.13. The number of urea groups is 1. The van der Waals surface area contributed by atoms with Crippen molar-refractivity contribution in [3.8, 4) is 0 Å². The van der Waals surface area contributed by atoms with Gasteiger partial charge in [-0.1, -0.05) is 6.07 Å². The van der Waals surface area contributed by atoms with Gasteiger partial charge in [0.2, 0.25) is 5.95 Å². The van der Waals surface area contributed by atoms with Gasteiger partial charge in [0.05, 0.1) is 4.47 Å². The van der Waals surface area contributed by atoms with Crippen LogP contribution < -0.4 is 15.5 Å². The number of nitrogens with zero attached hydrogens (tertiary/aromatic N) is 3. The predicted molar refractivity (Wildman–Crippen MR) is 84.8 cm³/mol. The summed E-state index contributed by atoms with van der Waals surface area (Å²) in [5.74, 6) is 0.512. The number of nitrogens with one attached hydrogen (secondary N) is 2. The molecule has 0 atom stereocenters. The van der Waals surface area contributed by atoms with E-state index in [0.717, 1.165) is 35.4 Å². The minimum absolute atomic E-state index is 0.0571. The summed E-state index contributed by atoms with van der Waals surface area (Å²) in [6, 6.07) is 7.59. The zero-order chi connectivity index (χ0) is 14.7. The molecule has 0 saturated carbocycles. The highest BCUT2D eigenvalue weighted by Crippen LogP contribution is 2.22. The number of carbonyl (C=O) groups is 1. The molecule has 1 aliphatic rings. The number of hydrogen-bond donors (Lipinski definition) is 2. The van der Waals surface area contributed by atoms with E-state index in [9.17, 15) is 4.79 Å². The molecule has 2 aromatic rings. The Morgan fingerprint density at radius 3 is 2.86 bits per heavy atom. The van der Waals surface area contributed by atoms with E-state index in [1.165, 1.54) is 0 Å². The van der Waals surface area contributed by atoms with Gasteiger partial charge in [-0.25, -0.2) is 14.8 Å². The first-order chi connectivity index (χ1) is 10.2. The molecule has 0 bridgehead atoms. The van der Waals surface area contributed by atoms with Crippen molar-refractivity contribution in [2.45, 2.75) is 6.42 Å². The second-order valence-electron chi connectivity index (χ2n) is 4.64. The lowest BCUT2D eigenvalue weighted by molar-refractivity contribution is 0.243. The highest BCUT2D eigenvalue weighted by atomic mass is 79.9. The average molecular weight is 348 g/mol. The molecule has 0 aliphatic carbocycles. The van der Waals surface area contributed by atoms with Crippen molar-refractivity contribution < 1.29 is 4.79 Å². The summed E-state index contributed by atoms with van der Waals surface area (Å²) in [5, 5.41) is 5.97. The topological polar surface area (TPSA) is 70.2 Å². The number of benzene rings is 1. The number of anilines is 3. The molecular formula is C14H14BrN5O. The summed E-state index contributed by atoms with van der Waals surface area (Å²) in [5.41, 5.74) is 1.70. The molecule has 0 unspecified atom stereocenters. The van der Waals surface area contributed by atoms with Crippen LogP contribution in [0.25, 0.3) is 0 Å². The summed E-state index contributed by atoms with van der Waals surface area (Å²) in [6.07, 6.45) is 4.30. The SMILES string of the molecule is O=C1NCCCN1c1cccc(Nc2ncc(Br)cn2)c1. The van der Waals surface area contributed by atoms with Gasteiger partial charge in [-0.2, -0.15) is 0 Å². The third kappa shape index (κ3) is 3.30. The van der Waals surface area contributed by atoms with Crippen LogP contribution in [0.3, 0.4) is 0 Å². The summed E-state index contributed by atoms with van der Waals surface area (Å²) >= 11 is 3.30. The minimum atomic E-state index is -0.0571. The molecule has 2 heterocycles. The first-order valence-electron chi connectivity index (χ1n) is 6.62. The van der Waals surface area contributed by atoms with E-state index in [1.807, 2.05) is 24.3 Å². The number of rotatable bonds is 3. The Morgan fingerprint density at radius 1 is 1.29 bits per heavy atom. The molecule has 1 saturated heterocycles. The molecule has 1 aromatic heterocycles. The van der Waals surface area contributed by atoms with Crippen molar-refractivity contribution in [1.82, 2.24) is 15.3 Å².